The first-order valence-electron chi connectivity index (χ1n) is 5.31. The summed E-state index contributed by atoms with van der Waals surface area (Å²) < 4.78 is 5.28. The van der Waals surface area contributed by atoms with Gasteiger partial charge in [0, 0.05) is 11.6 Å². The van der Waals surface area contributed by atoms with Gasteiger partial charge in [-0.2, -0.15) is 0 Å². The molecule has 78 valence electrons. The fourth-order valence-electron chi connectivity index (χ4n) is 2.10. The van der Waals surface area contributed by atoms with Gasteiger partial charge in [-0.05, 0) is 25.3 Å². The number of nitrogens with two attached hydrogens (primary N) is 1. The van der Waals surface area contributed by atoms with Gasteiger partial charge in [-0.25, -0.2) is 0 Å². The van der Waals surface area contributed by atoms with E-state index in [2.05, 4.69) is 5.43 Å². The average Bonchev–Trinajstić information content (AvgIpc) is 2.51. The molecule has 1 atom stereocenters. The molecule has 1 aromatic rings. The second-order valence-corrected chi connectivity index (χ2v) is 4.18. The van der Waals surface area contributed by atoms with E-state index in [1.54, 1.807) is 6.26 Å². The Labute approximate surface area is 84.6 Å². The maximum atomic E-state index is 5.57. The van der Waals surface area contributed by atoms with E-state index < -0.39 is 0 Å². The molecule has 0 aromatic carbocycles. The highest BCUT2D eigenvalue weighted by Crippen LogP contribution is 2.35. The van der Waals surface area contributed by atoms with Crippen LogP contribution in [0.5, 0.6) is 0 Å². The first-order chi connectivity index (χ1) is 6.81. The molecule has 1 heterocycles. The summed E-state index contributed by atoms with van der Waals surface area (Å²) in [7, 11) is 0. The second kappa shape index (κ2) is 4.15. The van der Waals surface area contributed by atoms with Crippen molar-refractivity contribution in [2.24, 2.45) is 11.8 Å². The van der Waals surface area contributed by atoms with Gasteiger partial charge >= 0.3 is 0 Å². The van der Waals surface area contributed by atoms with Crippen LogP contribution < -0.4 is 11.3 Å². The maximum absolute atomic E-state index is 5.57. The van der Waals surface area contributed by atoms with E-state index >= 15 is 0 Å². The number of nitrogens with one attached hydrogen (secondary N) is 1. The molecule has 0 spiro atoms. The molecular weight excluding hydrogens is 176 g/mol. The van der Waals surface area contributed by atoms with E-state index in [1.165, 1.54) is 24.8 Å². The number of aryl methyl sites for hydroxylation is 1. The molecule has 0 bridgehead atoms. The Morgan fingerprint density at radius 2 is 2.43 bits per heavy atom. The van der Waals surface area contributed by atoms with Crippen LogP contribution in [0.15, 0.2) is 16.7 Å². The van der Waals surface area contributed by atoms with Gasteiger partial charge in [0.1, 0.15) is 5.76 Å². The zero-order chi connectivity index (χ0) is 9.97. The Bertz CT molecular complexity index is 291. The predicted molar refractivity (Wildman–Crippen MR) is 55.5 cm³/mol. The Morgan fingerprint density at radius 3 is 2.86 bits per heavy atom. The van der Waals surface area contributed by atoms with Crippen molar-refractivity contribution in [2.75, 3.05) is 0 Å². The van der Waals surface area contributed by atoms with Crippen LogP contribution in [0, 0.1) is 12.8 Å². The smallest absolute Gasteiger partial charge is 0.105 e. The lowest BCUT2D eigenvalue weighted by Crippen LogP contribution is -2.31. The summed E-state index contributed by atoms with van der Waals surface area (Å²) in [6.07, 6.45) is 6.96. The van der Waals surface area contributed by atoms with Crippen molar-refractivity contribution < 1.29 is 4.42 Å². The van der Waals surface area contributed by atoms with Crippen LogP contribution in [0.4, 0.5) is 0 Å². The minimum Gasteiger partial charge on any atom is -0.469 e. The van der Waals surface area contributed by atoms with E-state index in [-0.39, 0.29) is 6.04 Å². The summed E-state index contributed by atoms with van der Waals surface area (Å²) in [5.41, 5.74) is 4.09. The lowest BCUT2D eigenvalue weighted by Gasteiger charge is -2.29. The molecular formula is C11H18N2O. The van der Waals surface area contributed by atoms with Gasteiger partial charge in [0.2, 0.25) is 0 Å². The molecule has 1 aromatic heterocycles. The summed E-state index contributed by atoms with van der Waals surface area (Å²) in [6.45, 7) is 1.99. The first kappa shape index (κ1) is 9.74. The summed E-state index contributed by atoms with van der Waals surface area (Å²) >= 11 is 0. The van der Waals surface area contributed by atoms with Crippen molar-refractivity contribution in [3.63, 3.8) is 0 Å². The van der Waals surface area contributed by atoms with Crippen LogP contribution in [0.25, 0.3) is 0 Å². The predicted octanol–water partition coefficient (Wildman–Crippen LogP) is 2.28. The molecule has 1 aliphatic carbocycles. The van der Waals surface area contributed by atoms with Gasteiger partial charge in [0.15, 0.2) is 0 Å². The number of hydrogen-bond acceptors (Lipinski definition) is 3. The highest BCUT2D eigenvalue weighted by molar-refractivity contribution is 5.20. The van der Waals surface area contributed by atoms with Crippen molar-refractivity contribution >= 4 is 0 Å². The third kappa shape index (κ3) is 1.83. The van der Waals surface area contributed by atoms with Gasteiger partial charge in [-0.3, -0.25) is 11.3 Å². The Balaban J connectivity index is 2.01. The van der Waals surface area contributed by atoms with E-state index in [4.69, 9.17) is 10.3 Å². The van der Waals surface area contributed by atoms with Crippen LogP contribution in [0.3, 0.4) is 0 Å². The molecule has 0 saturated heterocycles. The van der Waals surface area contributed by atoms with Crippen LogP contribution in [0.1, 0.15) is 43.0 Å². The van der Waals surface area contributed by atoms with Crippen LogP contribution >= 0.6 is 0 Å². The minimum atomic E-state index is 0.263. The average molecular weight is 194 g/mol. The van der Waals surface area contributed by atoms with Gasteiger partial charge < -0.3 is 4.42 Å². The molecule has 2 rings (SSSR count). The molecule has 1 fully saturated rings. The van der Waals surface area contributed by atoms with Crippen molar-refractivity contribution in [1.82, 2.24) is 5.43 Å². The third-order valence-corrected chi connectivity index (χ3v) is 3.27. The Hall–Kier alpha value is -0.800. The summed E-state index contributed by atoms with van der Waals surface area (Å²) in [5.74, 6) is 7.40. The standard InChI is InChI=1S/C11H18N2O/c1-8-10(5-6-14-8)11(13-12)7-9-3-2-4-9/h5-6,9,11,13H,2-4,7,12H2,1H3. The van der Waals surface area contributed by atoms with Crippen molar-refractivity contribution in [3.05, 3.63) is 23.7 Å². The molecule has 14 heavy (non-hydrogen) atoms. The number of rotatable bonds is 4. The molecule has 1 aliphatic rings. The molecule has 0 amide bonds. The van der Waals surface area contributed by atoms with Gasteiger partial charge in [-0.15, -0.1) is 0 Å². The van der Waals surface area contributed by atoms with E-state index in [1.807, 2.05) is 13.0 Å². The molecule has 3 nitrogen and oxygen atoms in total. The number of furan rings is 1. The Morgan fingerprint density at radius 1 is 1.64 bits per heavy atom. The Kier molecular flexibility index (Phi) is 2.89. The first-order valence-corrected chi connectivity index (χ1v) is 5.31. The van der Waals surface area contributed by atoms with Gasteiger partial charge in [0.25, 0.3) is 0 Å². The number of hydrogen-bond donors (Lipinski definition) is 2. The normalized spacial score (nSPS) is 19.3. The van der Waals surface area contributed by atoms with Crippen LogP contribution in [0.2, 0.25) is 0 Å². The van der Waals surface area contributed by atoms with Crippen molar-refractivity contribution in [2.45, 2.75) is 38.6 Å². The molecule has 0 aliphatic heterocycles. The van der Waals surface area contributed by atoms with Crippen molar-refractivity contribution in [3.8, 4) is 0 Å². The quantitative estimate of drug-likeness (QED) is 0.571. The third-order valence-electron chi connectivity index (χ3n) is 3.27. The van der Waals surface area contributed by atoms with Crippen LogP contribution in [-0.2, 0) is 0 Å². The summed E-state index contributed by atoms with van der Waals surface area (Å²) in [6, 6.07) is 2.28. The second-order valence-electron chi connectivity index (χ2n) is 4.18. The van der Waals surface area contributed by atoms with Gasteiger partial charge in [-0.1, -0.05) is 19.3 Å². The monoisotopic (exact) mass is 194 g/mol. The number of hydrazine groups is 1. The highest BCUT2D eigenvalue weighted by atomic mass is 16.3. The lowest BCUT2D eigenvalue weighted by atomic mass is 9.80. The van der Waals surface area contributed by atoms with E-state index in [0.717, 1.165) is 18.1 Å². The summed E-state index contributed by atoms with van der Waals surface area (Å²) in [4.78, 5) is 0. The summed E-state index contributed by atoms with van der Waals surface area (Å²) in [5, 5.41) is 0. The highest BCUT2D eigenvalue weighted by Gasteiger charge is 2.23. The fourth-order valence-corrected chi connectivity index (χ4v) is 2.10. The topological polar surface area (TPSA) is 51.2 Å². The van der Waals surface area contributed by atoms with Crippen molar-refractivity contribution in [1.29, 1.82) is 0 Å². The SMILES string of the molecule is Cc1occc1C(CC1CCC1)NN. The molecule has 0 radical (unpaired) electrons. The van der Waals surface area contributed by atoms with E-state index in [0.29, 0.717) is 0 Å². The molecule has 3 heteroatoms. The molecule has 3 N–H and O–H groups in total. The minimum absolute atomic E-state index is 0.263. The maximum Gasteiger partial charge on any atom is 0.105 e. The van der Waals surface area contributed by atoms with E-state index in [9.17, 15) is 0 Å². The zero-order valence-electron chi connectivity index (χ0n) is 8.62. The fraction of sp³-hybridized carbons (Fsp3) is 0.636. The molecule has 1 unspecified atom stereocenters. The van der Waals surface area contributed by atoms with Crippen LogP contribution in [-0.4, -0.2) is 0 Å². The zero-order valence-corrected chi connectivity index (χ0v) is 8.62. The lowest BCUT2D eigenvalue weighted by molar-refractivity contribution is 0.261. The largest absolute Gasteiger partial charge is 0.469 e. The van der Waals surface area contributed by atoms with Gasteiger partial charge in [0.05, 0.1) is 6.26 Å². The molecule has 1 saturated carbocycles.